The molecule has 2 aromatic heterocycles. The van der Waals surface area contributed by atoms with E-state index in [4.69, 9.17) is 4.42 Å². The van der Waals surface area contributed by atoms with E-state index in [9.17, 15) is 9.90 Å². The molecule has 6 nitrogen and oxygen atoms in total. The molecule has 0 fully saturated rings. The number of hydrogen-bond acceptors (Lipinski definition) is 7. The Kier molecular flexibility index (Phi) is 5.15. The molecule has 0 unspecified atom stereocenters. The topological polar surface area (TPSA) is 87.7 Å². The number of aromatic nitrogens is 1. The number of nitrogens with zero attached hydrogens (tertiary/aromatic N) is 2. The van der Waals surface area contributed by atoms with Crippen LogP contribution in [0.25, 0.3) is 21.0 Å². The summed E-state index contributed by atoms with van der Waals surface area (Å²) in [5, 5.41) is 16.5. The third-order valence-corrected chi connectivity index (χ3v) is 6.55. The Balaban J connectivity index is 1.25. The number of thiazole rings is 1. The average Bonchev–Trinajstić information content (AvgIpc) is 3.39. The first-order valence-electron chi connectivity index (χ1n) is 9.34. The van der Waals surface area contributed by atoms with Gasteiger partial charge in [-0.2, -0.15) is 5.10 Å². The number of fused-ring (bicyclic) bond motifs is 2. The lowest BCUT2D eigenvalue weighted by atomic mass is 10.1. The summed E-state index contributed by atoms with van der Waals surface area (Å²) in [7, 11) is 0. The summed E-state index contributed by atoms with van der Waals surface area (Å²) in [5.41, 5.74) is 3.54. The van der Waals surface area contributed by atoms with Gasteiger partial charge in [0.05, 0.1) is 22.0 Å². The van der Waals surface area contributed by atoms with Crippen LogP contribution in [0.3, 0.4) is 0 Å². The summed E-state index contributed by atoms with van der Waals surface area (Å²) in [4.78, 5) is 17.0. The van der Waals surface area contributed by atoms with E-state index in [0.717, 1.165) is 25.3 Å². The second-order valence-electron chi connectivity index (χ2n) is 6.62. The Morgan fingerprint density at radius 1 is 1.06 bits per heavy atom. The van der Waals surface area contributed by atoms with Crippen molar-refractivity contribution in [2.24, 2.45) is 5.10 Å². The smallest absolute Gasteiger partial charge is 0.275 e. The fourth-order valence-corrected chi connectivity index (χ4v) is 5.03. The van der Waals surface area contributed by atoms with Crippen molar-refractivity contribution in [3.05, 3.63) is 84.1 Å². The average molecular weight is 446 g/mol. The molecule has 0 radical (unpaired) electrons. The number of phenols is 1. The maximum absolute atomic E-state index is 12.4. The summed E-state index contributed by atoms with van der Waals surface area (Å²) in [6.07, 6.45) is 1.42. The Morgan fingerprint density at radius 3 is 2.68 bits per heavy atom. The highest BCUT2D eigenvalue weighted by molar-refractivity contribution is 8.01. The number of para-hydroxylation sites is 1. The third-order valence-electron chi connectivity index (χ3n) is 4.53. The fraction of sp³-hybridized carbons (Fsp3) is 0. The number of rotatable bonds is 5. The van der Waals surface area contributed by atoms with Gasteiger partial charge in [0.25, 0.3) is 5.91 Å². The van der Waals surface area contributed by atoms with E-state index >= 15 is 0 Å². The van der Waals surface area contributed by atoms with Crippen molar-refractivity contribution in [2.75, 3.05) is 0 Å². The summed E-state index contributed by atoms with van der Waals surface area (Å²) in [6.45, 7) is 0. The lowest BCUT2D eigenvalue weighted by Crippen LogP contribution is -2.17. The van der Waals surface area contributed by atoms with Crippen molar-refractivity contribution in [3.63, 3.8) is 0 Å². The lowest BCUT2D eigenvalue weighted by Gasteiger charge is -2.05. The van der Waals surface area contributed by atoms with Crippen LogP contribution in [0.4, 0.5) is 0 Å². The largest absolute Gasteiger partial charge is 0.507 e. The van der Waals surface area contributed by atoms with Gasteiger partial charge >= 0.3 is 0 Å². The maximum Gasteiger partial charge on any atom is 0.275 e. The minimum Gasteiger partial charge on any atom is -0.507 e. The molecule has 0 aliphatic carbocycles. The zero-order valence-electron chi connectivity index (χ0n) is 16.0. The van der Waals surface area contributed by atoms with Crippen LogP contribution < -0.4 is 5.43 Å². The number of nitrogens with one attached hydrogen (secondary N) is 1. The normalized spacial score (nSPS) is 11.5. The Morgan fingerprint density at radius 2 is 1.84 bits per heavy atom. The molecule has 2 heterocycles. The van der Waals surface area contributed by atoms with Crippen LogP contribution in [0.1, 0.15) is 16.1 Å². The molecule has 5 rings (SSSR count). The molecule has 2 N–H and O–H groups in total. The molecular formula is C23H15N3O3S2. The zero-order valence-corrected chi connectivity index (χ0v) is 17.6. The highest BCUT2D eigenvalue weighted by Crippen LogP contribution is 2.34. The van der Waals surface area contributed by atoms with Crippen LogP contribution in [0.5, 0.6) is 5.75 Å². The van der Waals surface area contributed by atoms with Crippen molar-refractivity contribution in [3.8, 4) is 5.75 Å². The molecule has 0 bridgehead atoms. The van der Waals surface area contributed by atoms with Gasteiger partial charge in [0.1, 0.15) is 11.5 Å². The highest BCUT2D eigenvalue weighted by Gasteiger charge is 2.12. The van der Waals surface area contributed by atoms with Gasteiger partial charge in [0, 0.05) is 0 Å². The zero-order chi connectivity index (χ0) is 21.2. The number of carbonyl (C=O) groups is 1. The van der Waals surface area contributed by atoms with Gasteiger partial charge in [-0.05, 0) is 58.9 Å². The third kappa shape index (κ3) is 4.16. The van der Waals surface area contributed by atoms with Crippen LogP contribution in [0.15, 0.2) is 91.7 Å². The minimum atomic E-state index is -0.505. The molecule has 3 aromatic carbocycles. The molecule has 1 amide bonds. The minimum absolute atomic E-state index is 0.0982. The van der Waals surface area contributed by atoms with E-state index in [-0.39, 0.29) is 11.3 Å². The molecular weight excluding hydrogens is 430 g/mol. The molecule has 31 heavy (non-hydrogen) atoms. The first-order valence-corrected chi connectivity index (χ1v) is 11.0. The van der Waals surface area contributed by atoms with E-state index in [0.29, 0.717) is 10.9 Å². The molecule has 0 aliphatic rings. The SMILES string of the molecule is O=C(NN=Cc1ccc(Sc2nc3ccccc3s2)o1)c1cc2ccccc2cc1O. The number of hydrogen-bond donors (Lipinski definition) is 2. The number of amides is 1. The van der Waals surface area contributed by atoms with Crippen LogP contribution in [-0.2, 0) is 0 Å². The van der Waals surface area contributed by atoms with Gasteiger partial charge in [-0.1, -0.05) is 36.4 Å². The summed E-state index contributed by atoms with van der Waals surface area (Å²) < 4.78 is 7.74. The second kappa shape index (κ2) is 8.25. The Bertz CT molecular complexity index is 1410. The predicted molar refractivity (Wildman–Crippen MR) is 123 cm³/mol. The van der Waals surface area contributed by atoms with Gasteiger partial charge in [-0.3, -0.25) is 4.79 Å². The van der Waals surface area contributed by atoms with Crippen molar-refractivity contribution in [2.45, 2.75) is 9.43 Å². The molecule has 0 atom stereocenters. The summed E-state index contributed by atoms with van der Waals surface area (Å²) >= 11 is 3.03. The van der Waals surface area contributed by atoms with E-state index in [1.165, 1.54) is 18.0 Å². The van der Waals surface area contributed by atoms with Crippen molar-refractivity contribution >= 4 is 56.2 Å². The van der Waals surface area contributed by atoms with Crippen molar-refractivity contribution in [1.29, 1.82) is 0 Å². The number of carbonyl (C=O) groups excluding carboxylic acids is 1. The van der Waals surface area contributed by atoms with Crippen LogP contribution in [-0.4, -0.2) is 22.2 Å². The number of aromatic hydroxyl groups is 1. The molecule has 0 aliphatic heterocycles. The maximum atomic E-state index is 12.4. The fourth-order valence-electron chi connectivity index (χ4n) is 3.06. The highest BCUT2D eigenvalue weighted by atomic mass is 32.2. The van der Waals surface area contributed by atoms with E-state index < -0.39 is 5.91 Å². The number of furan rings is 1. The Labute approximate surface area is 185 Å². The van der Waals surface area contributed by atoms with Gasteiger partial charge in [-0.15, -0.1) is 11.3 Å². The molecule has 8 heteroatoms. The van der Waals surface area contributed by atoms with Gasteiger partial charge < -0.3 is 9.52 Å². The number of benzene rings is 3. The quantitative estimate of drug-likeness (QED) is 0.269. The molecule has 152 valence electrons. The van der Waals surface area contributed by atoms with Crippen molar-refractivity contribution in [1.82, 2.24) is 10.4 Å². The van der Waals surface area contributed by atoms with Crippen LogP contribution in [0.2, 0.25) is 0 Å². The molecule has 0 saturated carbocycles. The molecule has 0 spiro atoms. The van der Waals surface area contributed by atoms with E-state index in [1.54, 1.807) is 29.5 Å². The number of phenolic OH excluding ortho intramolecular Hbond substituents is 1. The van der Waals surface area contributed by atoms with Crippen molar-refractivity contribution < 1.29 is 14.3 Å². The Hall–Kier alpha value is -3.62. The first kappa shape index (κ1) is 19.3. The summed E-state index contributed by atoms with van der Waals surface area (Å²) in [5.74, 6) is -0.110. The standard InChI is InChI=1S/C23H15N3O3S2/c27-19-12-15-6-2-1-5-14(15)11-17(19)22(28)26-24-13-16-9-10-21(29-16)31-23-25-18-7-3-4-8-20(18)30-23/h1-13,27H,(H,26,28). The molecule has 5 aromatic rings. The predicted octanol–water partition coefficient (Wildman–Crippen LogP) is 5.66. The monoisotopic (exact) mass is 445 g/mol. The number of hydrazone groups is 1. The first-order chi connectivity index (χ1) is 15.2. The molecule has 0 saturated heterocycles. The van der Waals surface area contributed by atoms with E-state index in [2.05, 4.69) is 15.5 Å². The van der Waals surface area contributed by atoms with Gasteiger partial charge in [0.2, 0.25) is 0 Å². The summed E-state index contributed by atoms with van der Waals surface area (Å²) in [6, 6.07) is 22.2. The van der Waals surface area contributed by atoms with Gasteiger partial charge in [-0.25, -0.2) is 10.4 Å². The second-order valence-corrected chi connectivity index (χ2v) is 8.90. The van der Waals surface area contributed by atoms with E-state index in [1.807, 2.05) is 54.6 Å². The van der Waals surface area contributed by atoms with Crippen LogP contribution in [0, 0.1) is 0 Å². The lowest BCUT2D eigenvalue weighted by molar-refractivity contribution is 0.0952. The van der Waals surface area contributed by atoms with Gasteiger partial charge in [0.15, 0.2) is 9.43 Å². The van der Waals surface area contributed by atoms with Crippen LogP contribution >= 0.6 is 23.1 Å².